The summed E-state index contributed by atoms with van der Waals surface area (Å²) in [5.74, 6) is -1.32. The van der Waals surface area contributed by atoms with Crippen LogP contribution in [-0.2, 0) is 4.79 Å². The minimum Gasteiger partial charge on any atom is -0.481 e. The van der Waals surface area contributed by atoms with Crippen molar-refractivity contribution in [3.8, 4) is 0 Å². The lowest BCUT2D eigenvalue weighted by atomic mass is 9.82. The Balaban J connectivity index is 2.70. The van der Waals surface area contributed by atoms with Crippen LogP contribution in [0.1, 0.15) is 33.1 Å². The molecule has 0 radical (unpaired) electrons. The Bertz CT molecular complexity index is 186. The number of aliphatic carboxylic acids is 1. The monoisotopic (exact) mass is 172 g/mol. The molecule has 1 saturated carbocycles. The summed E-state index contributed by atoms with van der Waals surface area (Å²) in [5, 5.41) is 18.8. The highest BCUT2D eigenvalue weighted by Crippen LogP contribution is 2.45. The second kappa shape index (κ2) is 3.05. The van der Waals surface area contributed by atoms with Crippen LogP contribution < -0.4 is 0 Å². The molecular formula is C9H16O3. The van der Waals surface area contributed by atoms with Crippen LogP contribution in [0.25, 0.3) is 0 Å². The number of aliphatic hydroxyl groups is 1. The van der Waals surface area contributed by atoms with Gasteiger partial charge in [-0.15, -0.1) is 0 Å². The Hall–Kier alpha value is -0.570. The van der Waals surface area contributed by atoms with Crippen molar-refractivity contribution < 1.29 is 15.0 Å². The van der Waals surface area contributed by atoms with Gasteiger partial charge in [0.2, 0.25) is 0 Å². The lowest BCUT2D eigenvalue weighted by Crippen LogP contribution is -2.42. The molecule has 2 atom stereocenters. The van der Waals surface area contributed by atoms with Crippen molar-refractivity contribution in [3.63, 3.8) is 0 Å². The molecule has 0 bridgehead atoms. The predicted molar refractivity (Wildman–Crippen MR) is 44.8 cm³/mol. The van der Waals surface area contributed by atoms with E-state index in [2.05, 4.69) is 0 Å². The van der Waals surface area contributed by atoms with Gasteiger partial charge in [-0.1, -0.05) is 6.92 Å². The van der Waals surface area contributed by atoms with Crippen molar-refractivity contribution in [1.29, 1.82) is 0 Å². The van der Waals surface area contributed by atoms with Gasteiger partial charge in [0.15, 0.2) is 0 Å². The fourth-order valence-electron chi connectivity index (χ4n) is 1.75. The molecule has 0 aromatic rings. The molecule has 2 unspecified atom stereocenters. The number of hydrogen-bond acceptors (Lipinski definition) is 2. The highest BCUT2D eigenvalue weighted by molar-refractivity contribution is 5.71. The molecule has 0 aromatic carbocycles. The molecule has 0 aliphatic heterocycles. The van der Waals surface area contributed by atoms with Gasteiger partial charge in [0.1, 0.15) is 0 Å². The van der Waals surface area contributed by atoms with E-state index in [1.807, 2.05) is 6.92 Å². The van der Waals surface area contributed by atoms with E-state index >= 15 is 0 Å². The number of hydrogen-bond donors (Lipinski definition) is 2. The van der Waals surface area contributed by atoms with Crippen molar-refractivity contribution in [2.45, 2.75) is 38.7 Å². The topological polar surface area (TPSA) is 57.5 Å². The summed E-state index contributed by atoms with van der Waals surface area (Å²) in [4.78, 5) is 10.7. The molecular weight excluding hydrogens is 156 g/mol. The number of carboxylic acid groups (broad SMARTS) is 1. The van der Waals surface area contributed by atoms with Crippen molar-refractivity contribution in [2.75, 3.05) is 0 Å². The summed E-state index contributed by atoms with van der Waals surface area (Å²) >= 11 is 0. The second-order valence-corrected chi connectivity index (χ2v) is 3.68. The average Bonchev–Trinajstić information content (AvgIpc) is 2.84. The molecule has 1 fully saturated rings. The van der Waals surface area contributed by atoms with E-state index in [4.69, 9.17) is 5.11 Å². The Morgan fingerprint density at radius 2 is 2.17 bits per heavy atom. The summed E-state index contributed by atoms with van der Waals surface area (Å²) in [5.41, 5.74) is -0.966. The van der Waals surface area contributed by atoms with Crippen LogP contribution in [0.5, 0.6) is 0 Å². The van der Waals surface area contributed by atoms with E-state index in [1.54, 1.807) is 6.92 Å². The van der Waals surface area contributed by atoms with Crippen LogP contribution in [0, 0.1) is 11.8 Å². The van der Waals surface area contributed by atoms with E-state index in [0.717, 1.165) is 12.8 Å². The Labute approximate surface area is 72.4 Å². The first-order valence-corrected chi connectivity index (χ1v) is 4.47. The maximum absolute atomic E-state index is 10.7. The molecule has 12 heavy (non-hydrogen) atoms. The van der Waals surface area contributed by atoms with E-state index < -0.39 is 17.5 Å². The van der Waals surface area contributed by atoms with E-state index in [0.29, 0.717) is 6.42 Å². The van der Waals surface area contributed by atoms with Crippen LogP contribution in [-0.4, -0.2) is 21.8 Å². The smallest absolute Gasteiger partial charge is 0.309 e. The molecule has 1 aliphatic rings. The molecule has 0 amide bonds. The molecule has 1 aliphatic carbocycles. The van der Waals surface area contributed by atoms with E-state index in [-0.39, 0.29) is 5.92 Å². The molecule has 70 valence electrons. The summed E-state index contributed by atoms with van der Waals surface area (Å²) in [6.45, 7) is 3.43. The normalized spacial score (nSPS) is 24.6. The van der Waals surface area contributed by atoms with Gasteiger partial charge in [-0.25, -0.2) is 0 Å². The van der Waals surface area contributed by atoms with Crippen molar-refractivity contribution in [3.05, 3.63) is 0 Å². The lowest BCUT2D eigenvalue weighted by Gasteiger charge is -2.30. The van der Waals surface area contributed by atoms with Crippen LogP contribution in [0.3, 0.4) is 0 Å². The zero-order valence-corrected chi connectivity index (χ0v) is 7.58. The molecule has 0 spiro atoms. The van der Waals surface area contributed by atoms with Crippen LogP contribution in [0.15, 0.2) is 0 Å². The molecule has 0 aromatic heterocycles. The molecule has 0 saturated heterocycles. The molecule has 2 N–H and O–H groups in total. The first-order chi connectivity index (χ1) is 5.52. The first kappa shape index (κ1) is 9.52. The van der Waals surface area contributed by atoms with Gasteiger partial charge in [-0.05, 0) is 32.1 Å². The zero-order valence-electron chi connectivity index (χ0n) is 7.58. The summed E-state index contributed by atoms with van der Waals surface area (Å²) in [6, 6.07) is 0. The van der Waals surface area contributed by atoms with E-state index in [9.17, 15) is 9.90 Å². The summed E-state index contributed by atoms with van der Waals surface area (Å²) in [7, 11) is 0. The van der Waals surface area contributed by atoms with Gasteiger partial charge in [0.05, 0.1) is 11.5 Å². The molecule has 3 nitrogen and oxygen atoms in total. The minimum atomic E-state index is -0.966. The Morgan fingerprint density at radius 1 is 1.67 bits per heavy atom. The predicted octanol–water partition coefficient (Wildman–Crippen LogP) is 1.26. The maximum atomic E-state index is 10.7. The van der Waals surface area contributed by atoms with Gasteiger partial charge in [0.25, 0.3) is 0 Å². The number of carboxylic acids is 1. The second-order valence-electron chi connectivity index (χ2n) is 3.68. The third kappa shape index (κ3) is 1.46. The highest BCUT2D eigenvalue weighted by atomic mass is 16.4. The van der Waals surface area contributed by atoms with Gasteiger partial charge >= 0.3 is 5.97 Å². The van der Waals surface area contributed by atoms with Crippen molar-refractivity contribution in [2.24, 2.45) is 11.8 Å². The molecule has 0 heterocycles. The van der Waals surface area contributed by atoms with Crippen molar-refractivity contribution >= 4 is 5.97 Å². The Morgan fingerprint density at radius 3 is 2.42 bits per heavy atom. The van der Waals surface area contributed by atoms with Gasteiger partial charge in [0, 0.05) is 0 Å². The zero-order chi connectivity index (χ0) is 9.35. The third-order valence-electron chi connectivity index (χ3n) is 2.97. The van der Waals surface area contributed by atoms with Gasteiger partial charge in [-0.3, -0.25) is 4.79 Å². The molecule has 3 heteroatoms. The fraction of sp³-hybridized carbons (Fsp3) is 0.889. The Kier molecular flexibility index (Phi) is 2.42. The third-order valence-corrected chi connectivity index (χ3v) is 2.97. The largest absolute Gasteiger partial charge is 0.481 e. The highest BCUT2D eigenvalue weighted by Gasteiger charge is 2.48. The minimum absolute atomic E-state index is 0.216. The van der Waals surface area contributed by atoms with Gasteiger partial charge in [-0.2, -0.15) is 0 Å². The van der Waals surface area contributed by atoms with E-state index in [1.165, 1.54) is 0 Å². The van der Waals surface area contributed by atoms with Crippen molar-refractivity contribution in [1.82, 2.24) is 0 Å². The summed E-state index contributed by atoms with van der Waals surface area (Å²) in [6.07, 6.45) is 2.48. The maximum Gasteiger partial charge on any atom is 0.309 e. The molecule has 1 rings (SSSR count). The van der Waals surface area contributed by atoms with Crippen LogP contribution in [0.2, 0.25) is 0 Å². The lowest BCUT2D eigenvalue weighted by molar-refractivity contribution is -0.153. The number of rotatable bonds is 4. The van der Waals surface area contributed by atoms with Crippen LogP contribution >= 0.6 is 0 Å². The standard InChI is InChI=1S/C9H16O3/c1-3-9(12,7-4-5-7)6(2)8(10)11/h6-7,12H,3-5H2,1-2H3,(H,10,11). The quantitative estimate of drug-likeness (QED) is 0.671. The van der Waals surface area contributed by atoms with Crippen LogP contribution in [0.4, 0.5) is 0 Å². The average molecular weight is 172 g/mol. The number of carbonyl (C=O) groups is 1. The van der Waals surface area contributed by atoms with Gasteiger partial charge < -0.3 is 10.2 Å². The SMILES string of the molecule is CCC(O)(C1CC1)C(C)C(=O)O. The first-order valence-electron chi connectivity index (χ1n) is 4.47. The summed E-state index contributed by atoms with van der Waals surface area (Å²) < 4.78 is 0. The fourth-order valence-corrected chi connectivity index (χ4v) is 1.75.